The predicted octanol–water partition coefficient (Wildman–Crippen LogP) is 4.04. The van der Waals surface area contributed by atoms with Gasteiger partial charge in [-0.3, -0.25) is 0 Å². The summed E-state index contributed by atoms with van der Waals surface area (Å²) >= 11 is 0. The summed E-state index contributed by atoms with van der Waals surface area (Å²) in [5.41, 5.74) is 3.88. The molecule has 1 atom stereocenters. The van der Waals surface area contributed by atoms with E-state index >= 15 is 0 Å². The summed E-state index contributed by atoms with van der Waals surface area (Å²) in [5.74, 6) is 0. The lowest BCUT2D eigenvalue weighted by Gasteiger charge is -2.14. The van der Waals surface area contributed by atoms with Crippen molar-refractivity contribution in [2.75, 3.05) is 0 Å². The highest BCUT2D eigenvalue weighted by molar-refractivity contribution is 5.33. The molecule has 0 amide bonds. The minimum absolute atomic E-state index is 0.281. The second kappa shape index (κ2) is 6.70. The molecule has 0 radical (unpaired) electrons. The number of unbranched alkanes of at least 4 members (excludes halogenated alkanes) is 1. The zero-order valence-electron chi connectivity index (χ0n) is 10.8. The molecule has 0 saturated carbocycles. The highest BCUT2D eigenvalue weighted by atomic mass is 16.3. The Hall–Kier alpha value is -0.820. The molecule has 0 aliphatic rings. The first kappa shape index (κ1) is 13.2. The van der Waals surface area contributed by atoms with Crippen molar-refractivity contribution >= 4 is 0 Å². The van der Waals surface area contributed by atoms with Crippen molar-refractivity contribution in [3.63, 3.8) is 0 Å². The van der Waals surface area contributed by atoms with E-state index in [0.29, 0.717) is 0 Å². The smallest absolute Gasteiger partial charge is 0.0790 e. The van der Waals surface area contributed by atoms with Crippen LogP contribution in [0.25, 0.3) is 0 Å². The van der Waals surface area contributed by atoms with Gasteiger partial charge in [-0.05, 0) is 36.0 Å². The summed E-state index contributed by atoms with van der Waals surface area (Å²) in [5, 5.41) is 10.0. The van der Waals surface area contributed by atoms with E-state index in [1.54, 1.807) is 0 Å². The normalized spacial score (nSPS) is 12.8. The van der Waals surface area contributed by atoms with Gasteiger partial charge in [-0.15, -0.1) is 0 Å². The molecule has 0 spiro atoms. The maximum Gasteiger partial charge on any atom is 0.0790 e. The Morgan fingerprint density at radius 2 is 1.75 bits per heavy atom. The van der Waals surface area contributed by atoms with Crippen LogP contribution < -0.4 is 0 Å². The first-order chi connectivity index (χ1) is 7.72. The first-order valence-electron chi connectivity index (χ1n) is 6.52. The van der Waals surface area contributed by atoms with Crippen LogP contribution in [0.15, 0.2) is 18.2 Å². The fraction of sp³-hybridized carbons (Fsp3) is 0.600. The molecule has 0 aliphatic heterocycles. The lowest BCUT2D eigenvalue weighted by Crippen LogP contribution is -2.00. The lowest BCUT2D eigenvalue weighted by molar-refractivity contribution is 0.164. The summed E-state index contributed by atoms with van der Waals surface area (Å²) < 4.78 is 0. The van der Waals surface area contributed by atoms with Gasteiger partial charge in [-0.25, -0.2) is 0 Å². The van der Waals surface area contributed by atoms with Crippen LogP contribution in [0.3, 0.4) is 0 Å². The molecule has 1 nitrogen and oxygen atoms in total. The van der Waals surface area contributed by atoms with E-state index in [1.165, 1.54) is 11.1 Å². The fourth-order valence-corrected chi connectivity index (χ4v) is 2.09. The van der Waals surface area contributed by atoms with E-state index in [1.807, 2.05) is 0 Å². The summed E-state index contributed by atoms with van der Waals surface area (Å²) in [6.07, 6.45) is 4.97. The van der Waals surface area contributed by atoms with E-state index in [0.717, 1.165) is 37.7 Å². The summed E-state index contributed by atoms with van der Waals surface area (Å²) in [7, 11) is 0. The molecule has 0 saturated heterocycles. The van der Waals surface area contributed by atoms with E-state index in [4.69, 9.17) is 0 Å². The molecule has 0 heterocycles. The summed E-state index contributed by atoms with van der Waals surface area (Å²) in [6.45, 7) is 6.52. The van der Waals surface area contributed by atoms with E-state index in [2.05, 4.69) is 39.0 Å². The molecule has 0 aliphatic carbocycles. The van der Waals surface area contributed by atoms with Gasteiger partial charge in [-0.1, -0.05) is 51.8 Å². The molecule has 16 heavy (non-hydrogen) atoms. The fourth-order valence-electron chi connectivity index (χ4n) is 2.09. The summed E-state index contributed by atoms with van der Waals surface area (Å²) in [6, 6.07) is 6.43. The van der Waals surface area contributed by atoms with E-state index < -0.39 is 0 Å². The summed E-state index contributed by atoms with van der Waals surface area (Å²) in [4.78, 5) is 0. The number of aliphatic hydroxyl groups is 1. The molecular weight excluding hydrogens is 196 g/mol. The average molecular weight is 220 g/mol. The Morgan fingerprint density at radius 1 is 1.06 bits per heavy atom. The third-order valence-electron chi connectivity index (χ3n) is 3.21. The number of rotatable bonds is 6. The second-order valence-electron chi connectivity index (χ2n) is 4.39. The van der Waals surface area contributed by atoms with Crippen molar-refractivity contribution in [3.8, 4) is 0 Å². The number of aliphatic hydroxyl groups excluding tert-OH is 1. The van der Waals surface area contributed by atoms with Crippen LogP contribution in [-0.2, 0) is 12.8 Å². The van der Waals surface area contributed by atoms with Crippen LogP contribution >= 0.6 is 0 Å². The van der Waals surface area contributed by atoms with Crippen molar-refractivity contribution in [3.05, 3.63) is 34.9 Å². The van der Waals surface area contributed by atoms with Crippen molar-refractivity contribution in [1.29, 1.82) is 0 Å². The number of hydrogen-bond donors (Lipinski definition) is 1. The second-order valence-corrected chi connectivity index (χ2v) is 4.39. The van der Waals surface area contributed by atoms with Crippen LogP contribution in [0.5, 0.6) is 0 Å². The van der Waals surface area contributed by atoms with Crippen LogP contribution in [0.4, 0.5) is 0 Å². The third kappa shape index (κ3) is 3.34. The Bertz CT molecular complexity index is 317. The molecular formula is C15H24O. The van der Waals surface area contributed by atoms with Crippen molar-refractivity contribution < 1.29 is 5.11 Å². The average Bonchev–Trinajstić information content (AvgIpc) is 2.34. The number of aryl methyl sites for hydroxylation is 2. The Labute approximate surface area is 99.5 Å². The first-order valence-corrected chi connectivity index (χ1v) is 6.52. The Morgan fingerprint density at radius 3 is 2.31 bits per heavy atom. The van der Waals surface area contributed by atoms with Crippen LogP contribution in [-0.4, -0.2) is 5.11 Å². The zero-order valence-corrected chi connectivity index (χ0v) is 10.8. The third-order valence-corrected chi connectivity index (χ3v) is 3.21. The molecule has 0 fully saturated rings. The molecule has 0 aromatic heterocycles. The van der Waals surface area contributed by atoms with Gasteiger partial charge in [0.15, 0.2) is 0 Å². The van der Waals surface area contributed by atoms with Gasteiger partial charge in [0.2, 0.25) is 0 Å². The lowest BCUT2D eigenvalue weighted by atomic mass is 9.96. The van der Waals surface area contributed by atoms with Gasteiger partial charge in [0, 0.05) is 0 Å². The maximum absolute atomic E-state index is 10.0. The number of hydrogen-bond acceptors (Lipinski definition) is 1. The zero-order chi connectivity index (χ0) is 12.0. The van der Waals surface area contributed by atoms with Gasteiger partial charge >= 0.3 is 0 Å². The van der Waals surface area contributed by atoms with Crippen LogP contribution in [0, 0.1) is 0 Å². The van der Waals surface area contributed by atoms with Gasteiger partial charge in [-0.2, -0.15) is 0 Å². The Kier molecular flexibility index (Phi) is 5.54. The van der Waals surface area contributed by atoms with Crippen molar-refractivity contribution in [2.24, 2.45) is 0 Å². The van der Waals surface area contributed by atoms with Crippen LogP contribution in [0.2, 0.25) is 0 Å². The highest BCUT2D eigenvalue weighted by Crippen LogP contribution is 2.22. The van der Waals surface area contributed by atoms with Gasteiger partial charge in [0.1, 0.15) is 0 Å². The molecule has 1 rings (SSSR count). The molecule has 1 heteroatoms. The minimum Gasteiger partial charge on any atom is -0.388 e. The van der Waals surface area contributed by atoms with Gasteiger partial charge in [0.25, 0.3) is 0 Å². The standard InChI is InChI=1S/C15H24O/c1-4-7-8-15(16)14-10-9-12(5-2)13(6-3)11-14/h9-11,15-16H,4-8H2,1-3H3. The molecule has 1 aromatic rings. The minimum atomic E-state index is -0.281. The monoisotopic (exact) mass is 220 g/mol. The highest BCUT2D eigenvalue weighted by Gasteiger charge is 2.08. The van der Waals surface area contributed by atoms with Gasteiger partial charge < -0.3 is 5.11 Å². The van der Waals surface area contributed by atoms with Gasteiger partial charge in [0.05, 0.1) is 6.10 Å². The molecule has 90 valence electrons. The van der Waals surface area contributed by atoms with Crippen LogP contribution in [0.1, 0.15) is 62.8 Å². The molecule has 1 N–H and O–H groups in total. The topological polar surface area (TPSA) is 20.2 Å². The maximum atomic E-state index is 10.0. The van der Waals surface area contributed by atoms with Crippen molar-refractivity contribution in [1.82, 2.24) is 0 Å². The SMILES string of the molecule is CCCCC(O)c1ccc(CC)c(CC)c1. The van der Waals surface area contributed by atoms with E-state index in [-0.39, 0.29) is 6.10 Å². The predicted molar refractivity (Wildman–Crippen MR) is 69.7 cm³/mol. The Balaban J connectivity index is 2.81. The molecule has 1 aromatic carbocycles. The molecule has 1 unspecified atom stereocenters. The quantitative estimate of drug-likeness (QED) is 0.767. The van der Waals surface area contributed by atoms with E-state index in [9.17, 15) is 5.11 Å². The van der Waals surface area contributed by atoms with Crippen molar-refractivity contribution in [2.45, 2.75) is 59.0 Å². The number of benzene rings is 1. The molecule has 0 bridgehead atoms. The largest absolute Gasteiger partial charge is 0.388 e.